The predicted molar refractivity (Wildman–Crippen MR) is 339 cm³/mol. The van der Waals surface area contributed by atoms with E-state index >= 15 is 0 Å². The number of hydrogen-bond donors (Lipinski definition) is 0. The van der Waals surface area contributed by atoms with Gasteiger partial charge in [-0.25, -0.2) is 0 Å². The number of carbonyl (C=O) groups is 3. The summed E-state index contributed by atoms with van der Waals surface area (Å²) in [5.41, 5.74) is 0. The Kier molecular flexibility index (Phi) is 61.8. The van der Waals surface area contributed by atoms with Gasteiger partial charge < -0.3 is 14.2 Å². The molecule has 0 rings (SSSR count). The summed E-state index contributed by atoms with van der Waals surface area (Å²) in [6, 6.07) is 0. The van der Waals surface area contributed by atoms with Crippen LogP contribution in [-0.2, 0) is 28.6 Å². The second-order valence-electron chi connectivity index (χ2n) is 21.3. The van der Waals surface area contributed by atoms with Crippen molar-refractivity contribution in [1.82, 2.24) is 0 Å². The SMILES string of the molecule is CC/C=C\C/C=C\C/C=C\C/C=C\C/C=C\C/C=C\C/C=C\CCCCCCCC(=O)OCC(COC(=O)CCCCCCCCCCCC)OC(=O)CCCCCCCCCC/C=C\C/C=C\C/C=C\CCCCCCC. The third kappa shape index (κ3) is 62.7. The lowest BCUT2D eigenvalue weighted by Crippen LogP contribution is -2.30. The largest absolute Gasteiger partial charge is 0.462 e. The van der Waals surface area contributed by atoms with Gasteiger partial charge >= 0.3 is 17.9 Å². The van der Waals surface area contributed by atoms with Crippen molar-refractivity contribution in [1.29, 1.82) is 0 Å². The molecule has 6 nitrogen and oxygen atoms in total. The van der Waals surface area contributed by atoms with Crippen LogP contribution in [-0.4, -0.2) is 37.2 Å². The van der Waals surface area contributed by atoms with Crippen molar-refractivity contribution < 1.29 is 28.6 Å². The Morgan fingerprint density at radius 2 is 0.500 bits per heavy atom. The zero-order valence-corrected chi connectivity index (χ0v) is 50.9. The van der Waals surface area contributed by atoms with Crippen molar-refractivity contribution in [3.63, 3.8) is 0 Å². The number of carbonyl (C=O) groups excluding carboxylic acids is 3. The van der Waals surface area contributed by atoms with Gasteiger partial charge in [0.25, 0.3) is 0 Å². The minimum absolute atomic E-state index is 0.0878. The van der Waals surface area contributed by atoms with Gasteiger partial charge in [-0.05, 0) is 116 Å². The van der Waals surface area contributed by atoms with Crippen LogP contribution in [0.4, 0.5) is 0 Å². The highest BCUT2D eigenvalue weighted by Gasteiger charge is 2.19. The molecule has 0 aromatic carbocycles. The van der Waals surface area contributed by atoms with E-state index in [9.17, 15) is 14.4 Å². The molecular formula is C72H120O6. The molecule has 0 fully saturated rings. The molecule has 444 valence electrons. The van der Waals surface area contributed by atoms with Crippen LogP contribution in [0.25, 0.3) is 0 Å². The molecule has 0 spiro atoms. The first-order valence-electron chi connectivity index (χ1n) is 32.5. The summed E-state index contributed by atoms with van der Waals surface area (Å²) in [4.78, 5) is 38.3. The smallest absolute Gasteiger partial charge is 0.306 e. The van der Waals surface area contributed by atoms with E-state index in [-0.39, 0.29) is 31.1 Å². The van der Waals surface area contributed by atoms with Crippen molar-refractivity contribution in [3.8, 4) is 0 Å². The summed E-state index contributed by atoms with van der Waals surface area (Å²) in [7, 11) is 0. The van der Waals surface area contributed by atoms with E-state index in [1.54, 1.807) is 0 Å². The van der Waals surface area contributed by atoms with E-state index in [4.69, 9.17) is 14.2 Å². The molecule has 0 saturated carbocycles. The summed E-state index contributed by atoms with van der Waals surface area (Å²) in [6.45, 7) is 6.49. The molecule has 0 heterocycles. The molecule has 78 heavy (non-hydrogen) atoms. The zero-order valence-electron chi connectivity index (χ0n) is 50.9. The Labute approximate surface area is 482 Å². The first-order valence-corrected chi connectivity index (χ1v) is 32.5. The van der Waals surface area contributed by atoms with Crippen molar-refractivity contribution >= 4 is 17.9 Å². The number of rotatable bonds is 58. The Bertz CT molecular complexity index is 1620. The lowest BCUT2D eigenvalue weighted by atomic mass is 10.1. The third-order valence-electron chi connectivity index (χ3n) is 13.7. The monoisotopic (exact) mass is 1080 g/mol. The minimum Gasteiger partial charge on any atom is -0.462 e. The third-order valence-corrected chi connectivity index (χ3v) is 13.7. The molecular weight excluding hydrogens is 961 g/mol. The molecule has 1 unspecified atom stereocenters. The van der Waals surface area contributed by atoms with E-state index < -0.39 is 6.10 Å². The average molecular weight is 1080 g/mol. The van der Waals surface area contributed by atoms with Crippen LogP contribution in [0.2, 0.25) is 0 Å². The summed E-state index contributed by atoms with van der Waals surface area (Å²) >= 11 is 0. The quantitative estimate of drug-likeness (QED) is 0.0261. The van der Waals surface area contributed by atoms with E-state index in [0.29, 0.717) is 19.3 Å². The topological polar surface area (TPSA) is 78.9 Å². The number of hydrogen-bond acceptors (Lipinski definition) is 6. The number of allylic oxidation sites excluding steroid dienone is 20. The van der Waals surface area contributed by atoms with Gasteiger partial charge in [0.15, 0.2) is 6.10 Å². The molecule has 0 aromatic rings. The summed E-state index contributed by atoms with van der Waals surface area (Å²) < 4.78 is 16.9. The maximum Gasteiger partial charge on any atom is 0.306 e. The van der Waals surface area contributed by atoms with E-state index in [1.165, 1.54) is 116 Å². The first-order chi connectivity index (χ1) is 38.5. The van der Waals surface area contributed by atoms with E-state index in [1.807, 2.05) is 0 Å². The zero-order chi connectivity index (χ0) is 56.4. The number of ether oxygens (including phenoxy) is 3. The molecule has 0 amide bonds. The summed E-state index contributed by atoms with van der Waals surface area (Å²) in [5, 5.41) is 0. The number of unbranched alkanes of at least 4 members (excludes halogenated alkanes) is 27. The molecule has 0 aliphatic carbocycles. The van der Waals surface area contributed by atoms with Gasteiger partial charge in [0, 0.05) is 19.3 Å². The Hall–Kier alpha value is -4.19. The lowest BCUT2D eigenvalue weighted by Gasteiger charge is -2.18. The van der Waals surface area contributed by atoms with Gasteiger partial charge in [0.1, 0.15) is 13.2 Å². The van der Waals surface area contributed by atoms with Crippen molar-refractivity contribution in [2.24, 2.45) is 0 Å². The minimum atomic E-state index is -0.793. The molecule has 0 aliphatic heterocycles. The normalized spacial score (nSPS) is 12.9. The highest BCUT2D eigenvalue weighted by Crippen LogP contribution is 2.15. The fourth-order valence-corrected chi connectivity index (χ4v) is 8.84. The fraction of sp³-hybridized carbons (Fsp3) is 0.681. The van der Waals surface area contributed by atoms with Crippen LogP contribution in [0.3, 0.4) is 0 Å². The maximum absolute atomic E-state index is 12.9. The Balaban J connectivity index is 4.33. The highest BCUT2D eigenvalue weighted by atomic mass is 16.6. The van der Waals surface area contributed by atoms with E-state index in [0.717, 1.165) is 141 Å². The lowest BCUT2D eigenvalue weighted by molar-refractivity contribution is -0.167. The van der Waals surface area contributed by atoms with Crippen LogP contribution in [0.5, 0.6) is 0 Å². The van der Waals surface area contributed by atoms with Gasteiger partial charge in [-0.2, -0.15) is 0 Å². The molecule has 0 aromatic heterocycles. The first kappa shape index (κ1) is 73.8. The average Bonchev–Trinajstić information content (AvgIpc) is 3.44. The van der Waals surface area contributed by atoms with Gasteiger partial charge in [-0.1, -0.05) is 284 Å². The second-order valence-corrected chi connectivity index (χ2v) is 21.3. The maximum atomic E-state index is 12.9. The molecule has 0 radical (unpaired) electrons. The summed E-state index contributed by atoms with van der Waals surface area (Å²) in [5.74, 6) is -0.912. The highest BCUT2D eigenvalue weighted by molar-refractivity contribution is 5.71. The Morgan fingerprint density at radius 1 is 0.269 bits per heavy atom. The van der Waals surface area contributed by atoms with Gasteiger partial charge in [-0.3, -0.25) is 14.4 Å². The number of esters is 3. The second kappa shape index (κ2) is 65.3. The molecule has 0 N–H and O–H groups in total. The fourth-order valence-electron chi connectivity index (χ4n) is 8.84. The molecule has 0 saturated heterocycles. The van der Waals surface area contributed by atoms with Crippen LogP contribution in [0.15, 0.2) is 122 Å². The standard InChI is InChI=1S/C72H120O6/c1-4-7-10-13-16-19-22-24-26-28-30-32-34-35-36-37-39-40-42-44-46-48-50-53-56-59-62-65-71(74)77-68-69(67-76-70(73)64-61-58-55-52-21-18-15-12-9-6-3)78-72(75)66-63-60-57-54-51-49-47-45-43-41-38-33-31-29-27-25-23-20-17-14-11-8-5-2/h7,10,16,19,23-26,29-32,35-36,38-41,44,46,69H,4-6,8-9,11-15,17-18,20-22,27-28,33-34,37,42-43,45,47-68H2,1-3H3/b10-7-,19-16-,25-23-,26-24-,31-29-,32-30-,36-35-,40-39-,41-38-,46-44-. The molecule has 0 aliphatic rings. The van der Waals surface area contributed by atoms with Crippen LogP contribution >= 0.6 is 0 Å². The Morgan fingerprint density at radius 3 is 0.782 bits per heavy atom. The molecule has 0 bridgehead atoms. The van der Waals surface area contributed by atoms with Crippen LogP contribution in [0.1, 0.15) is 297 Å². The van der Waals surface area contributed by atoms with Crippen LogP contribution < -0.4 is 0 Å². The van der Waals surface area contributed by atoms with Crippen molar-refractivity contribution in [2.45, 2.75) is 303 Å². The van der Waals surface area contributed by atoms with Crippen LogP contribution in [0, 0.1) is 0 Å². The van der Waals surface area contributed by atoms with Gasteiger partial charge in [0.05, 0.1) is 0 Å². The molecule has 1 atom stereocenters. The van der Waals surface area contributed by atoms with E-state index in [2.05, 4.69) is 142 Å². The van der Waals surface area contributed by atoms with Gasteiger partial charge in [-0.15, -0.1) is 0 Å². The van der Waals surface area contributed by atoms with Crippen molar-refractivity contribution in [2.75, 3.05) is 13.2 Å². The van der Waals surface area contributed by atoms with Crippen molar-refractivity contribution in [3.05, 3.63) is 122 Å². The summed E-state index contributed by atoms with van der Waals surface area (Å²) in [6.07, 6.45) is 90.6. The predicted octanol–water partition coefficient (Wildman–Crippen LogP) is 22.4. The van der Waals surface area contributed by atoms with Gasteiger partial charge in [0.2, 0.25) is 0 Å². The molecule has 6 heteroatoms.